The maximum Gasteiger partial charge on any atom is 0.300 e. The van der Waals surface area contributed by atoms with Crippen LogP contribution >= 0.6 is 0 Å². The molecular weight excluding hydrogens is 258 g/mol. The van der Waals surface area contributed by atoms with E-state index in [0.717, 1.165) is 25.6 Å². The predicted molar refractivity (Wildman–Crippen MR) is 81.6 cm³/mol. The minimum Gasteiger partial charge on any atom is -1.00 e. The van der Waals surface area contributed by atoms with Crippen LogP contribution < -0.4 is 12.4 Å². The largest absolute Gasteiger partial charge is 1.00 e. The van der Waals surface area contributed by atoms with E-state index in [-0.39, 0.29) is 12.4 Å². The quantitative estimate of drug-likeness (QED) is 0.253. The summed E-state index contributed by atoms with van der Waals surface area (Å²) in [5.74, 6) is 0.995. The third-order valence-corrected chi connectivity index (χ3v) is 2.62. The predicted octanol–water partition coefficient (Wildman–Crippen LogP) is -0.531. The van der Waals surface area contributed by atoms with Gasteiger partial charge >= 0.3 is 5.96 Å². The molecule has 0 N–H and O–H groups in total. The zero-order valence-corrected chi connectivity index (χ0v) is 12.9. The first kappa shape index (κ1) is 20.0. The van der Waals surface area contributed by atoms with Crippen molar-refractivity contribution in [1.29, 1.82) is 0 Å². The van der Waals surface area contributed by atoms with Crippen molar-refractivity contribution in [3.8, 4) is 0 Å². The molecule has 0 aliphatic heterocycles. The molecule has 0 rings (SSSR count). The summed E-state index contributed by atoms with van der Waals surface area (Å²) in [6.45, 7) is 18.3. The zero-order chi connectivity index (χ0) is 14.0. The molecule has 0 aromatic carbocycles. The maximum atomic E-state index is 4.62. The van der Waals surface area contributed by atoms with Crippen LogP contribution in [0.5, 0.6) is 0 Å². The van der Waals surface area contributed by atoms with E-state index in [0.29, 0.717) is 11.0 Å². The van der Waals surface area contributed by atoms with Crippen molar-refractivity contribution in [2.24, 2.45) is 4.99 Å². The fourth-order valence-electron chi connectivity index (χ4n) is 2.07. The molecule has 4 heteroatoms. The van der Waals surface area contributed by atoms with E-state index >= 15 is 0 Å². The molecule has 3 nitrogen and oxygen atoms in total. The fraction of sp³-hybridized carbons (Fsp3) is 0.400. The highest BCUT2D eigenvalue weighted by Gasteiger charge is 2.32. The summed E-state index contributed by atoms with van der Waals surface area (Å²) in [4.78, 5) is 6.67. The average Bonchev–Trinajstić information content (AvgIpc) is 2.30. The molecule has 0 aliphatic rings. The van der Waals surface area contributed by atoms with E-state index in [2.05, 4.69) is 31.3 Å². The van der Waals surface area contributed by atoms with Crippen molar-refractivity contribution in [2.45, 2.75) is 0 Å². The second-order valence-corrected chi connectivity index (χ2v) is 4.38. The second-order valence-electron chi connectivity index (χ2n) is 4.38. The normalized spacial score (nSPS) is 11.2. The van der Waals surface area contributed by atoms with Gasteiger partial charge in [-0.2, -0.15) is 0 Å². The third-order valence-electron chi connectivity index (χ3n) is 2.62. The lowest BCUT2D eigenvalue weighted by molar-refractivity contribution is -0.828. The minimum absolute atomic E-state index is 0. The van der Waals surface area contributed by atoms with Gasteiger partial charge in [0.25, 0.3) is 0 Å². The first-order chi connectivity index (χ1) is 8.57. The molecule has 0 heterocycles. The number of aliphatic imine (C=N–C) groups is 1. The van der Waals surface area contributed by atoms with E-state index in [1.165, 1.54) is 0 Å². The van der Waals surface area contributed by atoms with Gasteiger partial charge in [-0.25, -0.2) is 9.48 Å². The number of halogens is 1. The van der Waals surface area contributed by atoms with Gasteiger partial charge in [0.15, 0.2) is 0 Å². The van der Waals surface area contributed by atoms with E-state index in [1.807, 2.05) is 37.2 Å². The van der Waals surface area contributed by atoms with Gasteiger partial charge in [0.2, 0.25) is 0 Å². The minimum atomic E-state index is 0. The Hall–Kier alpha value is -1.32. The van der Waals surface area contributed by atoms with Crippen molar-refractivity contribution in [1.82, 2.24) is 4.90 Å². The monoisotopic (exact) mass is 283 g/mol. The van der Waals surface area contributed by atoms with Crippen molar-refractivity contribution < 1.29 is 16.9 Å². The molecule has 19 heavy (non-hydrogen) atoms. The van der Waals surface area contributed by atoms with Gasteiger partial charge in [0.1, 0.15) is 19.6 Å². The highest BCUT2D eigenvalue weighted by molar-refractivity contribution is 5.73. The molecule has 0 bridgehead atoms. The van der Waals surface area contributed by atoms with Gasteiger partial charge in [-0.1, -0.05) is 25.8 Å². The summed E-state index contributed by atoms with van der Waals surface area (Å²) in [6.07, 6.45) is 7.55. The van der Waals surface area contributed by atoms with Crippen molar-refractivity contribution in [3.05, 3.63) is 50.6 Å². The van der Waals surface area contributed by atoms with Crippen LogP contribution in [-0.2, 0) is 0 Å². The molecule has 0 amide bonds. The lowest BCUT2D eigenvalue weighted by Gasteiger charge is -2.38. The summed E-state index contributed by atoms with van der Waals surface area (Å²) in [6, 6.07) is 0. The molecule has 0 radical (unpaired) electrons. The van der Waals surface area contributed by atoms with Gasteiger partial charge in [-0.05, 0) is 18.2 Å². The molecule has 0 saturated heterocycles. The lowest BCUT2D eigenvalue weighted by Crippen LogP contribution is -3.00. The first-order valence-corrected chi connectivity index (χ1v) is 6.10. The van der Waals surface area contributed by atoms with Crippen molar-refractivity contribution in [3.63, 3.8) is 0 Å². The summed E-state index contributed by atoms with van der Waals surface area (Å²) < 4.78 is 0.664. The number of hydrogen-bond acceptors (Lipinski definition) is 1. The molecule has 108 valence electrons. The Kier molecular flexibility index (Phi) is 11.1. The number of guanidine groups is 1. The third kappa shape index (κ3) is 5.90. The van der Waals surface area contributed by atoms with Gasteiger partial charge in [0, 0.05) is 14.1 Å². The Balaban J connectivity index is 0. The molecule has 0 atom stereocenters. The van der Waals surface area contributed by atoms with Crippen LogP contribution in [-0.4, -0.2) is 55.6 Å². The second kappa shape index (κ2) is 10.6. The lowest BCUT2D eigenvalue weighted by atomic mass is 10.3. The number of rotatable bonds is 8. The van der Waals surface area contributed by atoms with Crippen LogP contribution in [0.1, 0.15) is 0 Å². The topological polar surface area (TPSA) is 15.6 Å². The van der Waals surface area contributed by atoms with Crippen LogP contribution in [0.2, 0.25) is 0 Å². The number of nitrogens with zero attached hydrogens (tertiary/aromatic N) is 3. The van der Waals surface area contributed by atoms with Crippen molar-refractivity contribution >= 4 is 5.96 Å². The van der Waals surface area contributed by atoms with Crippen molar-refractivity contribution in [2.75, 3.05) is 40.3 Å². The van der Waals surface area contributed by atoms with Gasteiger partial charge in [0.05, 0.1) is 6.54 Å². The van der Waals surface area contributed by atoms with Gasteiger partial charge < -0.3 is 17.3 Å². The highest BCUT2D eigenvalue weighted by Crippen LogP contribution is 2.12. The number of hydrogen-bond donors (Lipinski definition) is 0. The Morgan fingerprint density at radius 3 is 1.63 bits per heavy atom. The standard InChI is InChI=1S/C15H26N3.ClH/c1-7-11-16-15(17(5)6)18(12-8-2,13-9-3)14-10-4;/h7-10H,1-4,11-14H2,5-6H3;1H/q+1;/p-1. The van der Waals surface area contributed by atoms with Gasteiger partial charge in [-0.3, -0.25) is 0 Å². The highest BCUT2D eigenvalue weighted by atomic mass is 35.5. The van der Waals surface area contributed by atoms with E-state index in [9.17, 15) is 0 Å². The molecule has 0 aromatic rings. The molecule has 0 spiro atoms. The molecule has 0 aromatic heterocycles. The Morgan fingerprint density at radius 1 is 0.947 bits per heavy atom. The molecular formula is C15H26ClN3. The summed E-state index contributed by atoms with van der Waals surface area (Å²) >= 11 is 0. The van der Waals surface area contributed by atoms with Crippen LogP contribution in [0.3, 0.4) is 0 Å². The Bertz CT molecular complexity index is 306. The van der Waals surface area contributed by atoms with Gasteiger partial charge in [-0.15, -0.1) is 6.58 Å². The van der Waals surface area contributed by atoms with E-state index < -0.39 is 0 Å². The summed E-state index contributed by atoms with van der Waals surface area (Å²) in [7, 11) is 4.01. The smallest absolute Gasteiger partial charge is 0.300 e. The summed E-state index contributed by atoms with van der Waals surface area (Å²) in [5.41, 5.74) is 0. The summed E-state index contributed by atoms with van der Waals surface area (Å²) in [5, 5.41) is 0. The van der Waals surface area contributed by atoms with E-state index in [4.69, 9.17) is 0 Å². The first-order valence-electron chi connectivity index (χ1n) is 6.10. The molecule has 0 aliphatic carbocycles. The SMILES string of the molecule is C=CCN=C(N(C)C)[N+](CC=C)(CC=C)CC=C.[Cl-]. The van der Waals surface area contributed by atoms with Crippen LogP contribution in [0, 0.1) is 0 Å². The average molecular weight is 284 g/mol. The zero-order valence-electron chi connectivity index (χ0n) is 12.2. The van der Waals surface area contributed by atoms with Crippen LogP contribution in [0.15, 0.2) is 55.6 Å². The number of quaternary nitrogens is 1. The maximum absolute atomic E-state index is 4.62. The van der Waals surface area contributed by atoms with E-state index in [1.54, 1.807) is 6.08 Å². The molecule has 0 unspecified atom stereocenters. The Labute approximate surface area is 124 Å². The van der Waals surface area contributed by atoms with Crippen LogP contribution in [0.25, 0.3) is 0 Å². The Morgan fingerprint density at radius 2 is 1.37 bits per heavy atom. The fourth-order valence-corrected chi connectivity index (χ4v) is 2.07. The molecule has 0 fully saturated rings. The molecule has 0 saturated carbocycles. The van der Waals surface area contributed by atoms with Crippen LogP contribution in [0.4, 0.5) is 0 Å².